The molecule has 0 spiro atoms. The number of aliphatic hydroxyl groups is 1. The van der Waals surface area contributed by atoms with E-state index in [1.807, 2.05) is 0 Å². The van der Waals surface area contributed by atoms with Gasteiger partial charge in [-0.1, -0.05) is 136 Å². The van der Waals surface area contributed by atoms with Crippen molar-refractivity contribution in [2.24, 2.45) is 5.41 Å². The largest absolute Gasteiger partial charge is 0.396 e. The summed E-state index contributed by atoms with van der Waals surface area (Å²) in [4.78, 5) is 0. The second-order valence-corrected chi connectivity index (χ2v) is 9.88. The van der Waals surface area contributed by atoms with Crippen LogP contribution >= 0.6 is 0 Å². The zero-order valence-electron chi connectivity index (χ0n) is 20.9. The highest BCUT2D eigenvalue weighted by atomic mass is 16.2. The molecule has 0 saturated carbocycles. The standard InChI is InChI=1S/C28H58O/c1-4-7-10-13-16-19-23-28(26-22-27-29,24-20-17-14-11-8-5-2)25-21-18-15-12-9-6-3/h29H,4-27H2,1-3H3. The van der Waals surface area contributed by atoms with Gasteiger partial charge in [-0.25, -0.2) is 0 Å². The van der Waals surface area contributed by atoms with Crippen molar-refractivity contribution in [3.8, 4) is 0 Å². The van der Waals surface area contributed by atoms with Gasteiger partial charge >= 0.3 is 0 Å². The summed E-state index contributed by atoms with van der Waals surface area (Å²) in [5.41, 5.74) is 0.531. The van der Waals surface area contributed by atoms with Crippen molar-refractivity contribution in [1.82, 2.24) is 0 Å². The summed E-state index contributed by atoms with van der Waals surface area (Å²) in [6, 6.07) is 0. The smallest absolute Gasteiger partial charge is 0.0431 e. The molecule has 0 aliphatic carbocycles. The van der Waals surface area contributed by atoms with Crippen LogP contribution in [0.4, 0.5) is 0 Å². The second kappa shape index (κ2) is 22.6. The minimum absolute atomic E-state index is 0.380. The molecule has 29 heavy (non-hydrogen) atoms. The first-order valence-corrected chi connectivity index (χ1v) is 13.9. The lowest BCUT2D eigenvalue weighted by Gasteiger charge is -2.35. The molecule has 0 aromatic rings. The molecule has 0 fully saturated rings. The van der Waals surface area contributed by atoms with Crippen molar-refractivity contribution < 1.29 is 5.11 Å². The van der Waals surface area contributed by atoms with Gasteiger partial charge in [0.25, 0.3) is 0 Å². The van der Waals surface area contributed by atoms with Crippen LogP contribution in [0.2, 0.25) is 0 Å². The zero-order chi connectivity index (χ0) is 21.5. The minimum Gasteiger partial charge on any atom is -0.396 e. The highest BCUT2D eigenvalue weighted by molar-refractivity contribution is 4.80. The van der Waals surface area contributed by atoms with E-state index in [1.165, 1.54) is 141 Å². The van der Waals surface area contributed by atoms with E-state index >= 15 is 0 Å². The molecule has 0 aromatic heterocycles. The molecular formula is C28H58O. The van der Waals surface area contributed by atoms with Crippen LogP contribution in [0.1, 0.15) is 168 Å². The minimum atomic E-state index is 0.380. The number of hydrogen-bond acceptors (Lipinski definition) is 1. The maximum absolute atomic E-state index is 9.54. The molecule has 1 nitrogen and oxygen atoms in total. The van der Waals surface area contributed by atoms with Gasteiger partial charge in [-0.3, -0.25) is 0 Å². The predicted molar refractivity (Wildman–Crippen MR) is 133 cm³/mol. The van der Waals surface area contributed by atoms with Crippen molar-refractivity contribution in [3.63, 3.8) is 0 Å². The third-order valence-corrected chi connectivity index (χ3v) is 7.05. The second-order valence-electron chi connectivity index (χ2n) is 9.88. The van der Waals surface area contributed by atoms with Gasteiger partial charge in [0.05, 0.1) is 0 Å². The summed E-state index contributed by atoms with van der Waals surface area (Å²) >= 11 is 0. The summed E-state index contributed by atoms with van der Waals surface area (Å²) < 4.78 is 0. The van der Waals surface area contributed by atoms with Crippen molar-refractivity contribution in [2.45, 2.75) is 168 Å². The quantitative estimate of drug-likeness (QED) is 0.157. The van der Waals surface area contributed by atoms with E-state index in [-0.39, 0.29) is 0 Å². The van der Waals surface area contributed by atoms with Crippen molar-refractivity contribution in [2.75, 3.05) is 6.61 Å². The van der Waals surface area contributed by atoms with E-state index in [0.29, 0.717) is 12.0 Å². The Morgan fingerprint density at radius 2 is 0.655 bits per heavy atom. The maximum Gasteiger partial charge on any atom is 0.0431 e. The first kappa shape index (κ1) is 29.0. The molecule has 0 rings (SSSR count). The average molecular weight is 411 g/mol. The molecule has 0 radical (unpaired) electrons. The van der Waals surface area contributed by atoms with Crippen LogP contribution < -0.4 is 0 Å². The molecule has 0 aliphatic heterocycles. The Hall–Kier alpha value is -0.0400. The van der Waals surface area contributed by atoms with E-state index in [2.05, 4.69) is 20.8 Å². The molecule has 0 atom stereocenters. The van der Waals surface area contributed by atoms with Crippen LogP contribution in [0.15, 0.2) is 0 Å². The number of rotatable bonds is 24. The molecule has 1 heteroatoms. The van der Waals surface area contributed by atoms with E-state index in [0.717, 1.165) is 6.42 Å². The summed E-state index contributed by atoms with van der Waals surface area (Å²) in [5.74, 6) is 0. The Morgan fingerprint density at radius 3 is 0.966 bits per heavy atom. The Kier molecular flexibility index (Phi) is 22.6. The van der Waals surface area contributed by atoms with Crippen molar-refractivity contribution in [1.29, 1.82) is 0 Å². The normalized spacial score (nSPS) is 12.0. The van der Waals surface area contributed by atoms with E-state index in [1.54, 1.807) is 0 Å². The van der Waals surface area contributed by atoms with Gasteiger partial charge in [-0.15, -0.1) is 0 Å². The third-order valence-electron chi connectivity index (χ3n) is 7.05. The Labute approximate surface area is 185 Å². The van der Waals surface area contributed by atoms with E-state index < -0.39 is 0 Å². The summed E-state index contributed by atoms with van der Waals surface area (Å²) in [6.07, 6.45) is 31.9. The third kappa shape index (κ3) is 18.4. The van der Waals surface area contributed by atoms with E-state index in [4.69, 9.17) is 0 Å². The van der Waals surface area contributed by atoms with Crippen LogP contribution in [-0.2, 0) is 0 Å². The fourth-order valence-electron chi connectivity index (χ4n) is 5.05. The van der Waals surface area contributed by atoms with Crippen LogP contribution in [0.25, 0.3) is 0 Å². The zero-order valence-corrected chi connectivity index (χ0v) is 20.9. The van der Waals surface area contributed by atoms with E-state index in [9.17, 15) is 5.11 Å². The Morgan fingerprint density at radius 1 is 0.379 bits per heavy atom. The molecule has 176 valence electrons. The molecule has 0 unspecified atom stereocenters. The summed E-state index contributed by atoms with van der Waals surface area (Å²) in [6.45, 7) is 7.30. The highest BCUT2D eigenvalue weighted by Crippen LogP contribution is 2.41. The summed E-state index contributed by atoms with van der Waals surface area (Å²) in [7, 11) is 0. The monoisotopic (exact) mass is 410 g/mol. The lowest BCUT2D eigenvalue weighted by Crippen LogP contribution is -2.22. The first-order chi connectivity index (χ1) is 14.2. The molecule has 1 N–H and O–H groups in total. The van der Waals surface area contributed by atoms with Crippen LogP contribution in [0, 0.1) is 5.41 Å². The van der Waals surface area contributed by atoms with Gasteiger partial charge in [-0.05, 0) is 37.5 Å². The number of aliphatic hydroxyl groups excluding tert-OH is 1. The fourth-order valence-corrected chi connectivity index (χ4v) is 5.05. The van der Waals surface area contributed by atoms with Gasteiger partial charge in [0.1, 0.15) is 0 Å². The SMILES string of the molecule is CCCCCCCCC(CCCO)(CCCCCCCC)CCCCCCCC. The Balaban J connectivity index is 4.52. The van der Waals surface area contributed by atoms with Gasteiger partial charge in [0.2, 0.25) is 0 Å². The molecule has 0 bridgehead atoms. The van der Waals surface area contributed by atoms with Crippen molar-refractivity contribution >= 4 is 0 Å². The summed E-state index contributed by atoms with van der Waals surface area (Å²) in [5, 5.41) is 9.54. The van der Waals surface area contributed by atoms with Crippen LogP contribution in [-0.4, -0.2) is 11.7 Å². The maximum atomic E-state index is 9.54. The van der Waals surface area contributed by atoms with Crippen LogP contribution in [0.5, 0.6) is 0 Å². The van der Waals surface area contributed by atoms with Gasteiger partial charge < -0.3 is 5.11 Å². The lowest BCUT2D eigenvalue weighted by molar-refractivity contribution is 0.155. The number of hydrogen-bond donors (Lipinski definition) is 1. The Bertz CT molecular complexity index is 258. The molecule has 0 heterocycles. The van der Waals surface area contributed by atoms with Gasteiger partial charge in [-0.2, -0.15) is 0 Å². The van der Waals surface area contributed by atoms with Crippen molar-refractivity contribution in [3.05, 3.63) is 0 Å². The molecule has 0 aliphatic rings. The molecule has 0 amide bonds. The average Bonchev–Trinajstić information content (AvgIpc) is 2.74. The van der Waals surface area contributed by atoms with Gasteiger partial charge in [0, 0.05) is 6.61 Å². The molecular weight excluding hydrogens is 352 g/mol. The predicted octanol–water partition coefficient (Wildman–Crippen LogP) is 10.00. The van der Waals surface area contributed by atoms with Gasteiger partial charge in [0.15, 0.2) is 0 Å². The lowest BCUT2D eigenvalue weighted by atomic mass is 9.71. The molecule has 0 aromatic carbocycles. The fraction of sp³-hybridized carbons (Fsp3) is 1.00. The highest BCUT2D eigenvalue weighted by Gasteiger charge is 2.28. The number of unbranched alkanes of at least 4 members (excludes halogenated alkanes) is 15. The first-order valence-electron chi connectivity index (χ1n) is 13.9. The van der Waals surface area contributed by atoms with Crippen LogP contribution in [0.3, 0.4) is 0 Å². The topological polar surface area (TPSA) is 20.2 Å². The molecule has 0 saturated heterocycles.